The zero-order valence-electron chi connectivity index (χ0n) is 10.8. The van der Waals surface area contributed by atoms with Crippen molar-refractivity contribution in [1.82, 2.24) is 0 Å². The van der Waals surface area contributed by atoms with Crippen LogP contribution in [0.5, 0.6) is 0 Å². The van der Waals surface area contributed by atoms with E-state index in [2.05, 4.69) is 12.2 Å². The summed E-state index contributed by atoms with van der Waals surface area (Å²) in [6, 6.07) is 3.74. The summed E-state index contributed by atoms with van der Waals surface area (Å²) in [5.41, 5.74) is 0.169. The zero-order valence-corrected chi connectivity index (χ0v) is 10.8. The van der Waals surface area contributed by atoms with Crippen molar-refractivity contribution in [2.24, 2.45) is 0 Å². The van der Waals surface area contributed by atoms with Crippen LogP contribution in [0, 0.1) is 15.9 Å². The Hall–Kier alpha value is -1.65. The van der Waals surface area contributed by atoms with E-state index in [4.69, 9.17) is 0 Å². The molecule has 0 aliphatic heterocycles. The van der Waals surface area contributed by atoms with Gasteiger partial charge in [-0.05, 0) is 25.5 Å². The Morgan fingerprint density at radius 1 is 1.44 bits per heavy atom. The number of hydrogen-bond acceptors (Lipinski definition) is 3. The van der Waals surface area contributed by atoms with Crippen molar-refractivity contribution in [1.29, 1.82) is 0 Å². The van der Waals surface area contributed by atoms with Gasteiger partial charge in [-0.25, -0.2) is 4.39 Å². The number of benzene rings is 1. The first kappa shape index (κ1) is 14.4. The number of nitro groups is 1. The molecule has 1 aromatic rings. The number of nitrogens with zero attached hydrogens (tertiary/aromatic N) is 1. The molecule has 0 spiro atoms. The maximum absolute atomic E-state index is 13.0. The number of anilines is 1. The Bertz CT molecular complexity index is 410. The van der Waals surface area contributed by atoms with Gasteiger partial charge in [-0.2, -0.15) is 0 Å². The first-order valence-electron chi connectivity index (χ1n) is 6.25. The number of halogens is 1. The summed E-state index contributed by atoms with van der Waals surface area (Å²) in [6.07, 6.45) is 4.32. The Kier molecular flexibility index (Phi) is 5.55. The van der Waals surface area contributed by atoms with E-state index in [1.54, 1.807) is 0 Å². The van der Waals surface area contributed by atoms with Crippen molar-refractivity contribution >= 4 is 11.4 Å². The predicted molar refractivity (Wildman–Crippen MR) is 70.3 cm³/mol. The number of nitro benzene ring substituents is 1. The third kappa shape index (κ3) is 4.31. The van der Waals surface area contributed by atoms with E-state index in [0.29, 0.717) is 5.69 Å². The largest absolute Gasteiger partial charge is 0.377 e. The quantitative estimate of drug-likeness (QED) is 0.452. The summed E-state index contributed by atoms with van der Waals surface area (Å²) in [7, 11) is 0. The Morgan fingerprint density at radius 3 is 2.78 bits per heavy atom. The van der Waals surface area contributed by atoms with E-state index in [-0.39, 0.29) is 11.7 Å². The van der Waals surface area contributed by atoms with Crippen molar-refractivity contribution in [2.75, 3.05) is 5.32 Å². The molecule has 0 radical (unpaired) electrons. The maximum Gasteiger partial charge on any atom is 0.295 e. The molecule has 4 nitrogen and oxygen atoms in total. The SMILES string of the molecule is CCCCCC(C)Nc1ccc(F)cc1[N+](=O)[O-]. The highest BCUT2D eigenvalue weighted by Gasteiger charge is 2.16. The molecule has 0 aliphatic rings. The van der Waals surface area contributed by atoms with Crippen LogP contribution in [0.2, 0.25) is 0 Å². The second-order valence-corrected chi connectivity index (χ2v) is 4.46. The van der Waals surface area contributed by atoms with Gasteiger partial charge in [0.2, 0.25) is 0 Å². The van der Waals surface area contributed by atoms with Crippen LogP contribution in [0.1, 0.15) is 39.5 Å². The fraction of sp³-hybridized carbons (Fsp3) is 0.538. The van der Waals surface area contributed by atoms with E-state index < -0.39 is 10.7 Å². The topological polar surface area (TPSA) is 55.2 Å². The number of hydrogen-bond donors (Lipinski definition) is 1. The predicted octanol–water partition coefficient (Wildman–Crippen LogP) is 4.11. The average molecular weight is 254 g/mol. The molecular formula is C13H19FN2O2. The fourth-order valence-electron chi connectivity index (χ4n) is 1.82. The van der Waals surface area contributed by atoms with Gasteiger partial charge in [0.05, 0.1) is 11.0 Å². The van der Waals surface area contributed by atoms with E-state index >= 15 is 0 Å². The molecule has 0 bridgehead atoms. The Balaban J connectivity index is 2.68. The molecule has 0 fully saturated rings. The van der Waals surface area contributed by atoms with Crippen LogP contribution in [0.15, 0.2) is 18.2 Å². The van der Waals surface area contributed by atoms with Crippen LogP contribution in [-0.2, 0) is 0 Å². The minimum absolute atomic E-state index is 0.140. The van der Waals surface area contributed by atoms with Crippen LogP contribution in [0.3, 0.4) is 0 Å². The molecular weight excluding hydrogens is 235 g/mol. The second-order valence-electron chi connectivity index (χ2n) is 4.46. The highest BCUT2D eigenvalue weighted by atomic mass is 19.1. The van der Waals surface area contributed by atoms with Crippen molar-refractivity contribution in [2.45, 2.75) is 45.6 Å². The van der Waals surface area contributed by atoms with E-state index in [1.165, 1.54) is 12.1 Å². The first-order valence-corrected chi connectivity index (χ1v) is 6.25. The summed E-state index contributed by atoms with van der Waals surface area (Å²) in [5, 5.41) is 13.9. The van der Waals surface area contributed by atoms with Crippen LogP contribution >= 0.6 is 0 Å². The molecule has 0 aliphatic carbocycles. The molecule has 0 amide bonds. The number of unbranched alkanes of at least 4 members (excludes halogenated alkanes) is 2. The van der Waals surface area contributed by atoms with Gasteiger partial charge in [0.25, 0.3) is 5.69 Å². The summed E-state index contributed by atoms with van der Waals surface area (Å²) in [6.45, 7) is 4.10. The Labute approximate surface area is 106 Å². The molecule has 1 atom stereocenters. The molecule has 0 aromatic heterocycles. The van der Waals surface area contributed by atoms with E-state index in [9.17, 15) is 14.5 Å². The van der Waals surface area contributed by atoms with Crippen molar-refractivity contribution in [3.8, 4) is 0 Å². The first-order chi connectivity index (χ1) is 8.54. The van der Waals surface area contributed by atoms with Crippen molar-refractivity contribution in [3.05, 3.63) is 34.1 Å². The minimum atomic E-state index is -0.592. The van der Waals surface area contributed by atoms with Crippen LogP contribution in [0.4, 0.5) is 15.8 Å². The number of rotatable bonds is 7. The summed E-state index contributed by atoms with van der Waals surface area (Å²) < 4.78 is 13.0. The van der Waals surface area contributed by atoms with Gasteiger partial charge in [0.1, 0.15) is 11.5 Å². The number of nitrogens with one attached hydrogen (secondary N) is 1. The lowest BCUT2D eigenvalue weighted by molar-refractivity contribution is -0.384. The monoisotopic (exact) mass is 254 g/mol. The van der Waals surface area contributed by atoms with E-state index in [0.717, 1.165) is 31.7 Å². The van der Waals surface area contributed by atoms with Gasteiger partial charge < -0.3 is 5.32 Å². The molecule has 1 unspecified atom stereocenters. The lowest BCUT2D eigenvalue weighted by atomic mass is 10.1. The van der Waals surface area contributed by atoms with Crippen molar-refractivity contribution in [3.63, 3.8) is 0 Å². The van der Waals surface area contributed by atoms with Gasteiger partial charge in [0.15, 0.2) is 0 Å². The van der Waals surface area contributed by atoms with Crippen LogP contribution in [-0.4, -0.2) is 11.0 Å². The van der Waals surface area contributed by atoms with Gasteiger partial charge >= 0.3 is 0 Å². The standard InChI is InChI=1S/C13H19FN2O2/c1-3-4-5-6-10(2)15-12-8-7-11(14)9-13(12)16(17)18/h7-10,15H,3-6H2,1-2H3. The minimum Gasteiger partial charge on any atom is -0.377 e. The van der Waals surface area contributed by atoms with Crippen LogP contribution in [0.25, 0.3) is 0 Å². The molecule has 1 N–H and O–H groups in total. The highest BCUT2D eigenvalue weighted by molar-refractivity contribution is 5.61. The van der Waals surface area contributed by atoms with Gasteiger partial charge in [-0.1, -0.05) is 26.2 Å². The molecule has 0 saturated heterocycles. The second kappa shape index (κ2) is 6.93. The van der Waals surface area contributed by atoms with Crippen molar-refractivity contribution < 1.29 is 9.31 Å². The fourth-order valence-corrected chi connectivity index (χ4v) is 1.82. The molecule has 0 saturated carbocycles. The third-order valence-electron chi connectivity index (χ3n) is 2.80. The highest BCUT2D eigenvalue weighted by Crippen LogP contribution is 2.26. The molecule has 1 aromatic carbocycles. The lowest BCUT2D eigenvalue weighted by Gasteiger charge is -2.15. The summed E-state index contributed by atoms with van der Waals surface area (Å²) in [4.78, 5) is 10.2. The van der Waals surface area contributed by atoms with Gasteiger partial charge in [0, 0.05) is 6.04 Å². The third-order valence-corrected chi connectivity index (χ3v) is 2.80. The van der Waals surface area contributed by atoms with Gasteiger partial charge in [-0.3, -0.25) is 10.1 Å². The molecule has 0 heterocycles. The molecule has 100 valence electrons. The Morgan fingerprint density at radius 2 is 2.17 bits per heavy atom. The maximum atomic E-state index is 13.0. The summed E-state index contributed by atoms with van der Waals surface area (Å²) >= 11 is 0. The molecule has 1 rings (SSSR count). The zero-order chi connectivity index (χ0) is 13.5. The van der Waals surface area contributed by atoms with Gasteiger partial charge in [-0.15, -0.1) is 0 Å². The molecule has 5 heteroatoms. The van der Waals surface area contributed by atoms with Crippen LogP contribution < -0.4 is 5.32 Å². The van der Waals surface area contributed by atoms with E-state index in [1.807, 2.05) is 6.92 Å². The normalized spacial score (nSPS) is 12.2. The summed E-state index contributed by atoms with van der Waals surface area (Å²) in [5.74, 6) is -0.592. The average Bonchev–Trinajstić information content (AvgIpc) is 2.31. The smallest absolute Gasteiger partial charge is 0.295 e. The lowest BCUT2D eigenvalue weighted by Crippen LogP contribution is -2.16. The molecule has 18 heavy (non-hydrogen) atoms.